The fourth-order valence-electron chi connectivity index (χ4n) is 4.25. The molecule has 1 fully saturated rings. The first-order valence-electron chi connectivity index (χ1n) is 11.3. The van der Waals surface area contributed by atoms with Gasteiger partial charge in [-0.25, -0.2) is 14.4 Å². The highest BCUT2D eigenvalue weighted by Crippen LogP contribution is 2.28. The Labute approximate surface area is 202 Å². The van der Waals surface area contributed by atoms with Gasteiger partial charge in [0, 0.05) is 49.4 Å². The monoisotopic (exact) mass is 472 g/mol. The molecule has 2 aromatic carbocycles. The van der Waals surface area contributed by atoms with Crippen LogP contribution in [-0.4, -0.2) is 47.0 Å². The molecular formula is C27H25FN4OS. The number of aryl methyl sites for hydroxylation is 1. The molecule has 5 nitrogen and oxygen atoms in total. The molecule has 1 aliphatic heterocycles. The van der Waals surface area contributed by atoms with E-state index in [4.69, 9.17) is 9.97 Å². The largest absolute Gasteiger partial charge is 0.353 e. The highest BCUT2D eigenvalue weighted by Gasteiger charge is 2.26. The number of hydrogen-bond acceptors (Lipinski definition) is 5. The molecule has 1 amide bonds. The molecule has 0 radical (unpaired) electrons. The number of piperazine rings is 1. The highest BCUT2D eigenvalue weighted by atomic mass is 32.1. The summed E-state index contributed by atoms with van der Waals surface area (Å²) < 4.78 is 13.5. The lowest BCUT2D eigenvalue weighted by molar-refractivity contribution is 0.0751. The number of nitrogens with zero attached hydrogens (tertiary/aromatic N) is 4. The number of rotatable bonds is 5. The molecule has 0 bridgehead atoms. The topological polar surface area (TPSA) is 49.3 Å². The van der Waals surface area contributed by atoms with Crippen LogP contribution in [0.3, 0.4) is 0 Å². The van der Waals surface area contributed by atoms with Crippen molar-refractivity contribution in [1.29, 1.82) is 0 Å². The van der Waals surface area contributed by atoms with E-state index in [2.05, 4.69) is 4.90 Å². The maximum atomic E-state index is 13.5. The first-order valence-corrected chi connectivity index (χ1v) is 12.2. The Bertz CT molecular complexity index is 1270. The summed E-state index contributed by atoms with van der Waals surface area (Å²) in [5.74, 6) is 1.42. The zero-order valence-electron chi connectivity index (χ0n) is 18.9. The Morgan fingerprint density at radius 2 is 1.68 bits per heavy atom. The molecule has 0 unspecified atom stereocenters. The Balaban J connectivity index is 1.45. The van der Waals surface area contributed by atoms with Gasteiger partial charge in [-0.15, -0.1) is 11.3 Å². The van der Waals surface area contributed by atoms with E-state index in [1.54, 1.807) is 12.1 Å². The van der Waals surface area contributed by atoms with Gasteiger partial charge in [-0.1, -0.05) is 48.5 Å². The van der Waals surface area contributed by atoms with Crippen molar-refractivity contribution < 1.29 is 9.18 Å². The minimum absolute atomic E-state index is 0.0880. The summed E-state index contributed by atoms with van der Waals surface area (Å²) in [4.78, 5) is 27.5. The van der Waals surface area contributed by atoms with Gasteiger partial charge >= 0.3 is 0 Å². The number of amides is 1. The molecule has 1 aliphatic rings. The maximum Gasteiger partial charge on any atom is 0.264 e. The van der Waals surface area contributed by atoms with Gasteiger partial charge in [0.2, 0.25) is 0 Å². The van der Waals surface area contributed by atoms with Crippen molar-refractivity contribution in [2.75, 3.05) is 31.1 Å². The van der Waals surface area contributed by atoms with Crippen LogP contribution in [0, 0.1) is 12.7 Å². The van der Waals surface area contributed by atoms with E-state index in [0.29, 0.717) is 38.4 Å². The molecule has 0 spiro atoms. The minimum atomic E-state index is -0.247. The Morgan fingerprint density at radius 1 is 0.941 bits per heavy atom. The van der Waals surface area contributed by atoms with Crippen LogP contribution in [0.15, 0.2) is 72.1 Å². The van der Waals surface area contributed by atoms with Crippen molar-refractivity contribution >= 4 is 23.1 Å². The summed E-state index contributed by atoms with van der Waals surface area (Å²) in [5.41, 5.74) is 3.91. The molecule has 0 aliphatic carbocycles. The number of aromatic nitrogens is 2. The molecule has 5 rings (SSSR count). The second-order valence-corrected chi connectivity index (χ2v) is 9.31. The third-order valence-corrected chi connectivity index (χ3v) is 6.97. The van der Waals surface area contributed by atoms with Gasteiger partial charge in [0.1, 0.15) is 11.6 Å². The van der Waals surface area contributed by atoms with Gasteiger partial charge in [0.25, 0.3) is 5.91 Å². The lowest BCUT2D eigenvalue weighted by Gasteiger charge is -2.36. The van der Waals surface area contributed by atoms with Crippen LogP contribution in [0.5, 0.6) is 0 Å². The van der Waals surface area contributed by atoms with Gasteiger partial charge in [0.05, 0.1) is 4.88 Å². The van der Waals surface area contributed by atoms with Crippen LogP contribution in [0.2, 0.25) is 0 Å². The lowest BCUT2D eigenvalue weighted by atomic mass is 10.0. The molecule has 34 heavy (non-hydrogen) atoms. The SMILES string of the molecule is Cc1nc(-c2ccccc2)nc(N2CCN(C(=O)c3cccs3)CC2)c1Cc1ccc(F)cc1. The van der Waals surface area contributed by atoms with E-state index in [9.17, 15) is 9.18 Å². The van der Waals surface area contributed by atoms with Crippen LogP contribution < -0.4 is 4.90 Å². The predicted molar refractivity (Wildman–Crippen MR) is 134 cm³/mol. The number of hydrogen-bond donors (Lipinski definition) is 0. The Morgan fingerprint density at radius 3 is 2.35 bits per heavy atom. The standard InChI is InChI=1S/C27H25FN4OS/c1-19-23(18-20-9-11-22(28)12-10-20)26(30-25(29-19)21-6-3-2-4-7-21)31-13-15-32(16-14-31)27(33)24-8-5-17-34-24/h2-12,17H,13-16,18H2,1H3. The molecular weight excluding hydrogens is 447 g/mol. The summed E-state index contributed by atoms with van der Waals surface area (Å²) in [6.45, 7) is 4.66. The normalized spacial score (nSPS) is 13.8. The molecule has 7 heteroatoms. The van der Waals surface area contributed by atoms with E-state index in [1.165, 1.54) is 23.5 Å². The van der Waals surface area contributed by atoms with Crippen molar-refractivity contribution in [3.8, 4) is 11.4 Å². The summed E-state index contributed by atoms with van der Waals surface area (Å²) in [5, 5.41) is 1.93. The number of halogens is 1. The molecule has 2 aromatic heterocycles. The van der Waals surface area contributed by atoms with E-state index in [0.717, 1.165) is 33.1 Å². The summed E-state index contributed by atoms with van der Waals surface area (Å²) >= 11 is 1.48. The van der Waals surface area contributed by atoms with Gasteiger partial charge < -0.3 is 9.80 Å². The fourth-order valence-corrected chi connectivity index (χ4v) is 4.94. The van der Waals surface area contributed by atoms with Gasteiger partial charge in [-0.2, -0.15) is 0 Å². The van der Waals surface area contributed by atoms with Crippen LogP contribution in [-0.2, 0) is 6.42 Å². The van der Waals surface area contributed by atoms with E-state index < -0.39 is 0 Å². The van der Waals surface area contributed by atoms with Crippen molar-refractivity contribution in [2.45, 2.75) is 13.3 Å². The third kappa shape index (κ3) is 4.70. The van der Waals surface area contributed by atoms with Crippen LogP contribution >= 0.6 is 11.3 Å². The van der Waals surface area contributed by atoms with Crippen LogP contribution in [0.4, 0.5) is 10.2 Å². The molecule has 0 saturated carbocycles. The van der Waals surface area contributed by atoms with Crippen LogP contribution in [0.1, 0.15) is 26.5 Å². The molecule has 0 atom stereocenters. The number of carbonyl (C=O) groups excluding carboxylic acids is 1. The van der Waals surface area contributed by atoms with Crippen molar-refractivity contribution in [3.05, 3.63) is 99.6 Å². The molecule has 172 valence electrons. The first kappa shape index (κ1) is 22.2. The van der Waals surface area contributed by atoms with Gasteiger partial charge in [-0.05, 0) is 36.1 Å². The van der Waals surface area contributed by atoms with E-state index >= 15 is 0 Å². The number of anilines is 1. The second kappa shape index (κ2) is 9.73. The maximum absolute atomic E-state index is 13.5. The van der Waals surface area contributed by atoms with Crippen molar-refractivity contribution in [2.24, 2.45) is 0 Å². The predicted octanol–water partition coefficient (Wildman–Crippen LogP) is 5.21. The van der Waals surface area contributed by atoms with Crippen molar-refractivity contribution in [1.82, 2.24) is 14.9 Å². The average Bonchev–Trinajstić information content (AvgIpc) is 3.42. The van der Waals surface area contributed by atoms with Gasteiger partial charge in [0.15, 0.2) is 5.82 Å². The number of benzene rings is 2. The quantitative estimate of drug-likeness (QED) is 0.400. The zero-order chi connectivity index (χ0) is 23.5. The number of carbonyl (C=O) groups is 1. The lowest BCUT2D eigenvalue weighted by Crippen LogP contribution is -2.49. The highest BCUT2D eigenvalue weighted by molar-refractivity contribution is 7.12. The fraction of sp³-hybridized carbons (Fsp3) is 0.222. The average molecular weight is 473 g/mol. The molecule has 4 aromatic rings. The van der Waals surface area contributed by atoms with Gasteiger partial charge in [-0.3, -0.25) is 4.79 Å². The Hall–Kier alpha value is -3.58. The van der Waals surface area contributed by atoms with Crippen molar-refractivity contribution in [3.63, 3.8) is 0 Å². The molecule has 1 saturated heterocycles. The summed E-state index contributed by atoms with van der Waals surface area (Å²) in [6.07, 6.45) is 0.616. The minimum Gasteiger partial charge on any atom is -0.353 e. The van der Waals surface area contributed by atoms with E-state index in [1.807, 2.05) is 59.7 Å². The first-order chi connectivity index (χ1) is 16.6. The molecule has 3 heterocycles. The zero-order valence-corrected chi connectivity index (χ0v) is 19.8. The summed E-state index contributed by atoms with van der Waals surface area (Å²) in [6, 6.07) is 20.3. The smallest absolute Gasteiger partial charge is 0.264 e. The number of thiophene rings is 1. The van der Waals surface area contributed by atoms with E-state index in [-0.39, 0.29) is 11.7 Å². The second-order valence-electron chi connectivity index (χ2n) is 8.36. The Kier molecular flexibility index (Phi) is 6.36. The van der Waals surface area contributed by atoms with Crippen LogP contribution in [0.25, 0.3) is 11.4 Å². The molecule has 0 N–H and O–H groups in total. The summed E-state index contributed by atoms with van der Waals surface area (Å²) in [7, 11) is 0. The third-order valence-electron chi connectivity index (χ3n) is 6.12.